The number of rotatable bonds is 9. The van der Waals surface area contributed by atoms with Gasteiger partial charge in [0, 0.05) is 24.4 Å². The topological polar surface area (TPSA) is 105 Å². The standard InChI is InChI=1S/C28H34N2O5/c1-2-18(15-16-26(31)30-25-14-8-7-13-23(25)27(32)33)29-28(34)35-17-24-21-11-5-3-9-19(21)20-10-4-6-12-22(20)24/h3-6,9-12,18,23-25H,2,7-8,13-17H2,1H3,(H,29,34)(H,30,31)(H,32,33). The lowest BCUT2D eigenvalue weighted by atomic mass is 9.84. The Hall–Kier alpha value is -3.35. The maximum Gasteiger partial charge on any atom is 0.407 e. The van der Waals surface area contributed by atoms with Gasteiger partial charge in [-0.1, -0.05) is 68.3 Å². The van der Waals surface area contributed by atoms with Crippen LogP contribution >= 0.6 is 0 Å². The SMILES string of the molecule is CCC(CCC(=O)NC1CCCCC1C(=O)O)NC(=O)OCC1c2ccccc2-c2ccccc21. The van der Waals surface area contributed by atoms with Gasteiger partial charge < -0.3 is 20.5 Å². The first-order valence-corrected chi connectivity index (χ1v) is 12.6. The number of carbonyl (C=O) groups is 3. The summed E-state index contributed by atoms with van der Waals surface area (Å²) < 4.78 is 5.62. The van der Waals surface area contributed by atoms with Gasteiger partial charge in [0.1, 0.15) is 6.61 Å². The Kier molecular flexibility index (Phi) is 8.06. The summed E-state index contributed by atoms with van der Waals surface area (Å²) in [5, 5.41) is 15.2. The van der Waals surface area contributed by atoms with Gasteiger partial charge in [-0.25, -0.2) is 4.79 Å². The number of amides is 2. The Morgan fingerprint density at radius 1 is 1.00 bits per heavy atom. The number of carboxylic acids is 1. The van der Waals surface area contributed by atoms with Gasteiger partial charge in [0.25, 0.3) is 0 Å². The van der Waals surface area contributed by atoms with Crippen molar-refractivity contribution < 1.29 is 24.2 Å². The monoisotopic (exact) mass is 478 g/mol. The molecule has 3 atom stereocenters. The number of hydrogen-bond donors (Lipinski definition) is 3. The molecule has 1 fully saturated rings. The highest BCUT2D eigenvalue weighted by Crippen LogP contribution is 2.44. The lowest BCUT2D eigenvalue weighted by Gasteiger charge is -2.29. The number of ether oxygens (including phenoxy) is 1. The van der Waals surface area contributed by atoms with Gasteiger partial charge in [0.15, 0.2) is 0 Å². The summed E-state index contributed by atoms with van der Waals surface area (Å²) in [7, 11) is 0. The number of carbonyl (C=O) groups excluding carboxylic acids is 2. The normalized spacial score (nSPS) is 19.8. The first kappa shape index (κ1) is 24.8. The molecule has 2 amide bonds. The van der Waals surface area contributed by atoms with E-state index < -0.39 is 18.0 Å². The van der Waals surface area contributed by atoms with Crippen LogP contribution in [0.4, 0.5) is 4.79 Å². The van der Waals surface area contributed by atoms with Crippen molar-refractivity contribution in [1.82, 2.24) is 10.6 Å². The van der Waals surface area contributed by atoms with Crippen molar-refractivity contribution in [3.63, 3.8) is 0 Å². The molecular weight excluding hydrogens is 444 g/mol. The molecule has 0 saturated heterocycles. The molecule has 0 spiro atoms. The molecule has 35 heavy (non-hydrogen) atoms. The van der Waals surface area contributed by atoms with Crippen LogP contribution < -0.4 is 10.6 Å². The fourth-order valence-electron chi connectivity index (χ4n) is 5.37. The van der Waals surface area contributed by atoms with Gasteiger partial charge in [-0.3, -0.25) is 9.59 Å². The zero-order valence-corrected chi connectivity index (χ0v) is 20.2. The van der Waals surface area contributed by atoms with Crippen LogP contribution in [0.2, 0.25) is 0 Å². The maximum absolute atomic E-state index is 12.6. The zero-order valence-electron chi connectivity index (χ0n) is 20.2. The van der Waals surface area contributed by atoms with E-state index in [4.69, 9.17) is 4.74 Å². The van der Waals surface area contributed by atoms with Gasteiger partial charge in [-0.15, -0.1) is 0 Å². The third kappa shape index (κ3) is 5.84. The van der Waals surface area contributed by atoms with Crippen molar-refractivity contribution in [2.45, 2.75) is 69.9 Å². The fourth-order valence-corrected chi connectivity index (χ4v) is 5.37. The van der Waals surface area contributed by atoms with Crippen LogP contribution in [0.25, 0.3) is 11.1 Å². The molecule has 0 heterocycles. The quantitative estimate of drug-likeness (QED) is 0.478. The molecule has 2 aromatic carbocycles. The number of nitrogens with one attached hydrogen (secondary N) is 2. The first-order valence-electron chi connectivity index (χ1n) is 12.6. The highest BCUT2D eigenvalue weighted by atomic mass is 16.5. The molecule has 3 N–H and O–H groups in total. The zero-order chi connectivity index (χ0) is 24.8. The largest absolute Gasteiger partial charge is 0.481 e. The molecule has 7 nitrogen and oxygen atoms in total. The summed E-state index contributed by atoms with van der Waals surface area (Å²) in [6.07, 6.45) is 3.97. The van der Waals surface area contributed by atoms with E-state index in [1.165, 1.54) is 11.1 Å². The van der Waals surface area contributed by atoms with Gasteiger partial charge in [0.2, 0.25) is 5.91 Å². The summed E-state index contributed by atoms with van der Waals surface area (Å²) in [5.74, 6) is -1.54. The molecule has 1 saturated carbocycles. The van der Waals surface area contributed by atoms with E-state index in [0.29, 0.717) is 25.7 Å². The summed E-state index contributed by atoms with van der Waals surface area (Å²) in [5.41, 5.74) is 4.68. The Morgan fingerprint density at radius 2 is 1.63 bits per heavy atom. The van der Waals surface area contributed by atoms with E-state index in [0.717, 1.165) is 24.0 Å². The summed E-state index contributed by atoms with van der Waals surface area (Å²) in [6, 6.07) is 15.9. The van der Waals surface area contributed by atoms with E-state index in [9.17, 15) is 19.5 Å². The van der Waals surface area contributed by atoms with Crippen LogP contribution in [0, 0.1) is 5.92 Å². The van der Waals surface area contributed by atoms with E-state index in [-0.39, 0.29) is 36.9 Å². The molecule has 2 aromatic rings. The third-order valence-corrected chi connectivity index (χ3v) is 7.31. The highest BCUT2D eigenvalue weighted by Gasteiger charge is 2.32. The number of fused-ring (bicyclic) bond motifs is 3. The van der Waals surface area contributed by atoms with Crippen molar-refractivity contribution in [3.05, 3.63) is 59.7 Å². The number of alkyl carbamates (subject to hydrolysis) is 1. The molecule has 2 aliphatic carbocycles. The molecule has 3 unspecified atom stereocenters. The van der Waals surface area contributed by atoms with Crippen LogP contribution in [-0.2, 0) is 14.3 Å². The Morgan fingerprint density at radius 3 is 2.26 bits per heavy atom. The number of carboxylic acid groups (broad SMARTS) is 1. The van der Waals surface area contributed by atoms with E-state index in [2.05, 4.69) is 34.9 Å². The molecular formula is C28H34N2O5. The molecule has 0 aromatic heterocycles. The minimum atomic E-state index is -0.849. The third-order valence-electron chi connectivity index (χ3n) is 7.31. The fraction of sp³-hybridized carbons (Fsp3) is 0.464. The second kappa shape index (κ2) is 11.4. The van der Waals surface area contributed by atoms with Crippen molar-refractivity contribution in [1.29, 1.82) is 0 Å². The Balaban J connectivity index is 1.26. The molecule has 7 heteroatoms. The highest BCUT2D eigenvalue weighted by molar-refractivity contribution is 5.79. The summed E-state index contributed by atoms with van der Waals surface area (Å²) in [6.45, 7) is 2.20. The van der Waals surface area contributed by atoms with Gasteiger partial charge in [-0.05, 0) is 47.9 Å². The molecule has 2 aliphatic rings. The van der Waals surface area contributed by atoms with Crippen molar-refractivity contribution in [2.24, 2.45) is 5.92 Å². The second-order valence-electron chi connectivity index (χ2n) is 9.52. The van der Waals surface area contributed by atoms with Crippen molar-refractivity contribution in [3.8, 4) is 11.1 Å². The molecule has 4 rings (SSSR count). The summed E-state index contributed by atoms with van der Waals surface area (Å²) in [4.78, 5) is 36.5. The minimum absolute atomic E-state index is 0.00308. The lowest BCUT2D eigenvalue weighted by Crippen LogP contribution is -2.45. The van der Waals surface area contributed by atoms with Crippen LogP contribution in [-0.4, -0.2) is 41.8 Å². The average molecular weight is 479 g/mol. The second-order valence-corrected chi connectivity index (χ2v) is 9.52. The predicted molar refractivity (Wildman–Crippen MR) is 133 cm³/mol. The van der Waals surface area contributed by atoms with E-state index in [1.807, 2.05) is 31.2 Å². The number of hydrogen-bond acceptors (Lipinski definition) is 4. The minimum Gasteiger partial charge on any atom is -0.481 e. The average Bonchev–Trinajstić information content (AvgIpc) is 3.19. The molecule has 0 aliphatic heterocycles. The Bertz CT molecular complexity index is 1020. The smallest absolute Gasteiger partial charge is 0.407 e. The van der Waals surface area contributed by atoms with E-state index in [1.54, 1.807) is 0 Å². The molecule has 186 valence electrons. The Labute approximate surface area is 206 Å². The van der Waals surface area contributed by atoms with Crippen molar-refractivity contribution in [2.75, 3.05) is 6.61 Å². The van der Waals surface area contributed by atoms with Gasteiger partial charge in [-0.2, -0.15) is 0 Å². The van der Waals surface area contributed by atoms with Crippen LogP contribution in [0.1, 0.15) is 68.9 Å². The van der Waals surface area contributed by atoms with Crippen molar-refractivity contribution >= 4 is 18.0 Å². The van der Waals surface area contributed by atoms with Crippen LogP contribution in [0.15, 0.2) is 48.5 Å². The molecule has 0 bridgehead atoms. The number of aliphatic carboxylic acids is 1. The van der Waals surface area contributed by atoms with Gasteiger partial charge in [0.05, 0.1) is 5.92 Å². The van der Waals surface area contributed by atoms with Gasteiger partial charge >= 0.3 is 12.1 Å². The van der Waals surface area contributed by atoms with Crippen LogP contribution in [0.5, 0.6) is 0 Å². The maximum atomic E-state index is 12.6. The summed E-state index contributed by atoms with van der Waals surface area (Å²) >= 11 is 0. The number of benzene rings is 2. The first-order chi connectivity index (χ1) is 17.0. The predicted octanol–water partition coefficient (Wildman–Crippen LogP) is 4.84. The van der Waals surface area contributed by atoms with E-state index >= 15 is 0 Å². The molecule has 0 radical (unpaired) electrons. The lowest BCUT2D eigenvalue weighted by molar-refractivity contribution is -0.144. The van der Waals surface area contributed by atoms with Crippen LogP contribution in [0.3, 0.4) is 0 Å².